The van der Waals surface area contributed by atoms with Gasteiger partial charge in [0, 0.05) is 18.2 Å². The SMILES string of the molecule is COc1cc(/C=C/C(=O)O[C@@H]2[C@@H](O)[C@H](O)[C@H](OC[C@@H]3O[C@@H](OC4=Cc5c(O[C@@H]6O[C@H](CO)[C@H](O)[C@H](O)[C@@H]6O)cc(O)cc5[OH+]C4c4ccc(O)cc4)[C@H](O)[C@@H](O)[C@H]3O)O[C@@H]2C)ccc1O. The summed E-state index contributed by atoms with van der Waals surface area (Å²) in [6, 6.07) is 12.5. The molecule has 3 saturated heterocycles. The number of fused-ring (bicyclic) bond motifs is 1. The number of benzene rings is 3. The number of esters is 1. The molecule has 3 aromatic carbocycles. The van der Waals surface area contributed by atoms with Gasteiger partial charge in [0.05, 0.1) is 38.1 Å². The van der Waals surface area contributed by atoms with Gasteiger partial charge in [-0.15, -0.1) is 0 Å². The number of carbonyl (C=O) groups excluding carboxylic acids is 1. The molecule has 16 atom stereocenters. The van der Waals surface area contributed by atoms with Crippen LogP contribution in [0.3, 0.4) is 0 Å². The molecule has 354 valence electrons. The normalized spacial score (nSPS) is 34.8. The molecule has 0 radical (unpaired) electrons. The Hall–Kier alpha value is -5.31. The highest BCUT2D eigenvalue weighted by atomic mass is 16.7. The third-order valence-corrected chi connectivity index (χ3v) is 11.2. The van der Waals surface area contributed by atoms with Crippen LogP contribution in [0.1, 0.15) is 29.7 Å². The van der Waals surface area contributed by atoms with Crippen molar-refractivity contribution in [2.75, 3.05) is 20.3 Å². The van der Waals surface area contributed by atoms with E-state index in [2.05, 4.69) is 0 Å². The van der Waals surface area contributed by atoms with E-state index in [-0.39, 0.29) is 45.8 Å². The van der Waals surface area contributed by atoms with Crippen LogP contribution in [0.2, 0.25) is 0 Å². The highest BCUT2D eigenvalue weighted by Crippen LogP contribution is 2.47. The molecule has 22 nitrogen and oxygen atoms in total. The first-order chi connectivity index (χ1) is 31.0. The summed E-state index contributed by atoms with van der Waals surface area (Å²) < 4.78 is 50.0. The summed E-state index contributed by atoms with van der Waals surface area (Å²) in [7, 11) is 1.36. The van der Waals surface area contributed by atoms with E-state index in [1.807, 2.05) is 0 Å². The number of carbonyl (C=O) groups is 1. The minimum Gasteiger partial charge on any atom is -0.571 e. The summed E-state index contributed by atoms with van der Waals surface area (Å²) in [5, 5.41) is 126. The van der Waals surface area contributed by atoms with Crippen LogP contribution in [-0.2, 0) is 33.2 Å². The number of aliphatic hydroxyl groups is 10. The van der Waals surface area contributed by atoms with Crippen LogP contribution in [0, 0.1) is 0 Å². The second kappa shape index (κ2) is 20.1. The topological polar surface area (TPSA) is 346 Å². The number of hydrogen-bond donors (Lipinski definition) is 12. The average Bonchev–Trinajstić information content (AvgIpc) is 3.29. The first-order valence-electron chi connectivity index (χ1n) is 20.3. The largest absolute Gasteiger partial charge is 0.571 e. The minimum absolute atomic E-state index is 0.0819. The summed E-state index contributed by atoms with van der Waals surface area (Å²) in [5.41, 5.74) is 1.00. The molecule has 22 heteroatoms. The van der Waals surface area contributed by atoms with Crippen molar-refractivity contribution >= 4 is 18.1 Å². The number of aromatic hydroxyl groups is 4. The number of methoxy groups -OCH3 is 1. The van der Waals surface area contributed by atoms with Crippen molar-refractivity contribution in [2.24, 2.45) is 0 Å². The molecule has 65 heavy (non-hydrogen) atoms. The van der Waals surface area contributed by atoms with E-state index in [1.165, 1.54) is 74.7 Å². The van der Waals surface area contributed by atoms with Crippen molar-refractivity contribution in [3.8, 4) is 34.5 Å². The fraction of sp³-hybridized carbons (Fsp3) is 0.465. The van der Waals surface area contributed by atoms with E-state index in [1.54, 1.807) is 0 Å². The zero-order valence-corrected chi connectivity index (χ0v) is 34.6. The van der Waals surface area contributed by atoms with Gasteiger partial charge >= 0.3 is 5.97 Å². The zero-order valence-electron chi connectivity index (χ0n) is 34.6. The monoisotopic (exact) mass is 919 g/mol. The van der Waals surface area contributed by atoms with Crippen molar-refractivity contribution in [3.05, 3.63) is 83.1 Å². The lowest BCUT2D eigenvalue weighted by Gasteiger charge is -2.43. The van der Waals surface area contributed by atoms with Crippen molar-refractivity contribution in [1.29, 1.82) is 0 Å². The van der Waals surface area contributed by atoms with Gasteiger partial charge in [-0.2, -0.15) is 0 Å². The summed E-state index contributed by atoms with van der Waals surface area (Å²) >= 11 is 0. The third kappa shape index (κ3) is 10.2. The summed E-state index contributed by atoms with van der Waals surface area (Å²) in [6.07, 6.45) is -22.0. The lowest BCUT2D eigenvalue weighted by atomic mass is 9.98. The van der Waals surface area contributed by atoms with Gasteiger partial charge in [0.25, 0.3) is 11.9 Å². The Morgan fingerprint density at radius 2 is 1.35 bits per heavy atom. The molecule has 0 spiro atoms. The molecule has 1 unspecified atom stereocenters. The van der Waals surface area contributed by atoms with Gasteiger partial charge in [0.15, 0.2) is 29.7 Å². The molecule has 4 aliphatic heterocycles. The Labute approximate surface area is 369 Å². The van der Waals surface area contributed by atoms with E-state index >= 15 is 0 Å². The molecule has 13 N–H and O–H groups in total. The Balaban J connectivity index is 1.06. The second-order valence-corrected chi connectivity index (χ2v) is 15.7. The maximum atomic E-state index is 12.7. The maximum absolute atomic E-state index is 12.7. The predicted molar refractivity (Wildman–Crippen MR) is 217 cm³/mol. The molecule has 7 rings (SSSR count). The molecule has 3 fully saturated rings. The number of aliphatic hydroxyl groups excluding tert-OH is 9. The van der Waals surface area contributed by atoms with E-state index in [0.29, 0.717) is 11.1 Å². The van der Waals surface area contributed by atoms with Gasteiger partial charge < -0.3 is 104 Å². The molecule has 0 saturated carbocycles. The minimum atomic E-state index is -1.91. The quantitative estimate of drug-likeness (QED) is 0.0514. The molecule has 0 amide bonds. The van der Waals surface area contributed by atoms with Gasteiger partial charge in [-0.3, -0.25) is 0 Å². The van der Waals surface area contributed by atoms with E-state index in [4.69, 9.17) is 42.6 Å². The molecular formula is C43H51O22+. The van der Waals surface area contributed by atoms with Crippen LogP contribution in [0.25, 0.3) is 12.2 Å². The molecular weight excluding hydrogens is 868 g/mol. The van der Waals surface area contributed by atoms with E-state index in [0.717, 1.165) is 12.1 Å². The number of phenolic OH excluding ortho intramolecular Hbond substituents is 3. The summed E-state index contributed by atoms with van der Waals surface area (Å²) in [4.78, 5) is 12.7. The number of phenols is 3. The van der Waals surface area contributed by atoms with E-state index < -0.39 is 117 Å². The molecule has 4 heterocycles. The Morgan fingerprint density at radius 3 is 2.03 bits per heavy atom. The lowest BCUT2D eigenvalue weighted by molar-refractivity contribution is -0.325. The highest BCUT2D eigenvalue weighted by molar-refractivity contribution is 5.87. The van der Waals surface area contributed by atoms with Crippen LogP contribution in [-0.4, -0.2) is 184 Å². The molecule has 0 bridgehead atoms. The van der Waals surface area contributed by atoms with Gasteiger partial charge in [0.2, 0.25) is 12.6 Å². The smallest absolute Gasteiger partial charge is 0.331 e. The molecule has 4 aliphatic rings. The Kier molecular flexibility index (Phi) is 14.7. The van der Waals surface area contributed by atoms with Gasteiger partial charge in [0.1, 0.15) is 83.9 Å². The average molecular weight is 920 g/mol. The van der Waals surface area contributed by atoms with Crippen molar-refractivity contribution in [3.63, 3.8) is 0 Å². The van der Waals surface area contributed by atoms with Crippen LogP contribution >= 0.6 is 0 Å². The van der Waals surface area contributed by atoms with Crippen molar-refractivity contribution < 1.29 is 109 Å². The van der Waals surface area contributed by atoms with Gasteiger partial charge in [-0.1, -0.05) is 6.07 Å². The highest BCUT2D eigenvalue weighted by Gasteiger charge is 2.50. The standard InChI is InChI=1S/C43H50O22/c1-17-39(65-30(48)10-4-18-3-9-23(47)26(11-18)57-2)35(53)38(56)41(59-17)58-16-29-32(50)34(52)37(55)43(64-29)62-27-14-22-24(60-40(27)19-5-7-20(45)8-6-19)12-21(46)13-25(22)61-42-36(54)33(51)31(49)28(15-44)63-42/h3-14,17,28-29,31-47,49-56H,15-16H2,1-2H3/p+1/b10-4+/t17-,28-,29+,31+,32+,33+,34+,35+,36+,37-,38+,39+,40?,41-,42-,43-/m1/s1. The number of rotatable bonds is 13. The van der Waals surface area contributed by atoms with Crippen LogP contribution < -0.4 is 9.47 Å². The van der Waals surface area contributed by atoms with Crippen molar-refractivity contribution in [1.82, 2.24) is 0 Å². The molecule has 0 aromatic heterocycles. The number of ether oxygens (including phenoxy) is 9. The first-order valence-corrected chi connectivity index (χ1v) is 20.3. The first kappa shape index (κ1) is 47.6. The zero-order chi connectivity index (χ0) is 46.9. The summed E-state index contributed by atoms with van der Waals surface area (Å²) in [5.74, 6) is -1.43. The van der Waals surface area contributed by atoms with Crippen LogP contribution in [0.15, 0.2) is 66.4 Å². The van der Waals surface area contributed by atoms with Gasteiger partial charge in [-0.05, 0) is 55.0 Å². The predicted octanol–water partition coefficient (Wildman–Crippen LogP) is -1.74. The maximum Gasteiger partial charge on any atom is 0.331 e. The second-order valence-electron chi connectivity index (χ2n) is 15.7. The van der Waals surface area contributed by atoms with Crippen molar-refractivity contribution in [2.45, 2.75) is 105 Å². The Morgan fingerprint density at radius 1 is 0.708 bits per heavy atom. The van der Waals surface area contributed by atoms with Gasteiger partial charge in [-0.25, -0.2) is 4.79 Å². The third-order valence-electron chi connectivity index (χ3n) is 11.2. The fourth-order valence-electron chi connectivity index (χ4n) is 7.57. The number of hydrogen-bond acceptors (Lipinski definition) is 21. The van der Waals surface area contributed by atoms with E-state index in [9.17, 15) is 66.1 Å². The lowest BCUT2D eigenvalue weighted by Crippen LogP contribution is -2.61. The van der Waals surface area contributed by atoms with Crippen LogP contribution in [0.4, 0.5) is 0 Å². The fourth-order valence-corrected chi connectivity index (χ4v) is 7.57. The molecule has 3 aromatic rings. The Bertz CT molecular complexity index is 2180. The summed E-state index contributed by atoms with van der Waals surface area (Å²) in [6.45, 7) is 0.0773. The molecule has 0 aliphatic carbocycles. The van der Waals surface area contributed by atoms with Crippen LogP contribution in [0.5, 0.6) is 34.5 Å².